The largest absolute Gasteiger partial charge is 0.342 e. The monoisotopic (exact) mass is 416 g/mol. The Labute approximate surface area is 179 Å². The highest BCUT2D eigenvalue weighted by Crippen LogP contribution is 2.37. The molecule has 0 saturated carbocycles. The second kappa shape index (κ2) is 7.69. The molecule has 3 aromatic rings. The highest BCUT2D eigenvalue weighted by Gasteiger charge is 2.28. The van der Waals surface area contributed by atoms with Gasteiger partial charge in [-0.1, -0.05) is 12.1 Å². The summed E-state index contributed by atoms with van der Waals surface area (Å²) in [5, 5.41) is 19.5. The van der Waals surface area contributed by atoms with Gasteiger partial charge in [0.25, 0.3) is 5.91 Å². The number of allylic oxidation sites excluding steroid dienone is 1. The average Bonchev–Trinajstić information content (AvgIpc) is 3.25. The van der Waals surface area contributed by atoms with E-state index in [2.05, 4.69) is 26.8 Å². The Balaban J connectivity index is 1.75. The van der Waals surface area contributed by atoms with Crippen LogP contribution in [0.2, 0.25) is 0 Å². The lowest BCUT2D eigenvalue weighted by molar-refractivity contribution is -0.110. The SMILES string of the molecule is C/C(Nc1cc(C)n([C@H](C)C#N)n1)=C1/C(=O)Nc2cnc(-c3c(C)cccc3F)cc21. The molecule has 2 aromatic heterocycles. The summed E-state index contributed by atoms with van der Waals surface area (Å²) >= 11 is 0. The summed E-state index contributed by atoms with van der Waals surface area (Å²) in [5.41, 5.74) is 4.70. The number of hydrogen-bond donors (Lipinski definition) is 2. The summed E-state index contributed by atoms with van der Waals surface area (Å²) in [6.45, 7) is 7.22. The molecular weight excluding hydrogens is 395 g/mol. The normalized spacial score (nSPS) is 15.2. The minimum atomic E-state index is -0.406. The first-order chi connectivity index (χ1) is 14.8. The van der Waals surface area contributed by atoms with E-state index in [1.54, 1.807) is 36.9 Å². The second-order valence-corrected chi connectivity index (χ2v) is 7.55. The molecule has 3 heterocycles. The van der Waals surface area contributed by atoms with Crippen molar-refractivity contribution in [3.63, 3.8) is 0 Å². The number of benzene rings is 1. The van der Waals surface area contributed by atoms with Crippen LogP contribution in [0.5, 0.6) is 0 Å². The third-order valence-electron chi connectivity index (χ3n) is 5.29. The Morgan fingerprint density at radius 3 is 2.81 bits per heavy atom. The highest BCUT2D eigenvalue weighted by molar-refractivity contribution is 6.32. The van der Waals surface area contributed by atoms with Gasteiger partial charge in [0.15, 0.2) is 5.82 Å². The molecular formula is C23H21FN6O. The van der Waals surface area contributed by atoms with Gasteiger partial charge in [0.05, 0.1) is 29.2 Å². The van der Waals surface area contributed by atoms with Crippen molar-refractivity contribution in [2.45, 2.75) is 33.7 Å². The molecule has 0 radical (unpaired) electrons. The van der Waals surface area contributed by atoms with Gasteiger partial charge in [-0.05, 0) is 45.4 Å². The highest BCUT2D eigenvalue weighted by atomic mass is 19.1. The first-order valence-electron chi connectivity index (χ1n) is 9.81. The van der Waals surface area contributed by atoms with Crippen LogP contribution in [0.25, 0.3) is 16.8 Å². The van der Waals surface area contributed by atoms with Crippen molar-refractivity contribution in [3.05, 3.63) is 64.9 Å². The topological polar surface area (TPSA) is 95.6 Å². The maximum atomic E-state index is 14.5. The van der Waals surface area contributed by atoms with Crippen molar-refractivity contribution >= 4 is 23.0 Å². The zero-order chi connectivity index (χ0) is 22.3. The van der Waals surface area contributed by atoms with Crippen LogP contribution in [-0.4, -0.2) is 20.7 Å². The van der Waals surface area contributed by atoms with E-state index in [0.29, 0.717) is 39.6 Å². The fourth-order valence-corrected chi connectivity index (χ4v) is 3.78. The molecule has 0 saturated heterocycles. The van der Waals surface area contributed by atoms with Crippen LogP contribution in [0, 0.1) is 31.0 Å². The molecule has 1 aromatic carbocycles. The number of carbonyl (C=O) groups excluding carboxylic acids is 1. The van der Waals surface area contributed by atoms with E-state index in [4.69, 9.17) is 5.26 Å². The molecule has 1 aliphatic rings. The Kier molecular flexibility index (Phi) is 5.03. The van der Waals surface area contributed by atoms with Gasteiger partial charge in [0.1, 0.15) is 11.9 Å². The van der Waals surface area contributed by atoms with Gasteiger partial charge in [-0.15, -0.1) is 0 Å². The second-order valence-electron chi connectivity index (χ2n) is 7.55. The van der Waals surface area contributed by atoms with Crippen LogP contribution in [0.3, 0.4) is 0 Å². The Bertz CT molecular complexity index is 1260. The predicted octanol–water partition coefficient (Wildman–Crippen LogP) is 4.58. The van der Waals surface area contributed by atoms with E-state index in [1.807, 2.05) is 26.0 Å². The summed E-state index contributed by atoms with van der Waals surface area (Å²) < 4.78 is 16.1. The van der Waals surface area contributed by atoms with Gasteiger partial charge in [-0.2, -0.15) is 10.4 Å². The summed E-state index contributed by atoms with van der Waals surface area (Å²) in [6, 6.07) is 10.2. The van der Waals surface area contributed by atoms with Gasteiger partial charge in [-0.25, -0.2) is 4.39 Å². The molecule has 31 heavy (non-hydrogen) atoms. The van der Waals surface area contributed by atoms with Crippen molar-refractivity contribution in [1.82, 2.24) is 14.8 Å². The number of halogens is 1. The number of pyridine rings is 1. The average molecular weight is 416 g/mol. The van der Waals surface area contributed by atoms with Crippen molar-refractivity contribution in [2.75, 3.05) is 10.6 Å². The molecule has 4 rings (SSSR count). The molecule has 1 atom stereocenters. The maximum absolute atomic E-state index is 14.5. The molecule has 7 nitrogen and oxygen atoms in total. The third kappa shape index (κ3) is 3.55. The van der Waals surface area contributed by atoms with Crippen molar-refractivity contribution < 1.29 is 9.18 Å². The van der Waals surface area contributed by atoms with E-state index < -0.39 is 6.04 Å². The van der Waals surface area contributed by atoms with E-state index in [1.165, 1.54) is 6.07 Å². The number of rotatable bonds is 4. The minimum Gasteiger partial charge on any atom is -0.342 e. The maximum Gasteiger partial charge on any atom is 0.258 e. The van der Waals surface area contributed by atoms with E-state index in [0.717, 1.165) is 11.3 Å². The molecule has 2 N–H and O–H groups in total. The lowest BCUT2D eigenvalue weighted by Gasteiger charge is -2.10. The minimum absolute atomic E-state index is 0.272. The zero-order valence-electron chi connectivity index (χ0n) is 17.6. The number of aromatic nitrogens is 3. The number of nitrogens with one attached hydrogen (secondary N) is 2. The van der Waals surface area contributed by atoms with Crippen molar-refractivity contribution in [3.8, 4) is 17.3 Å². The van der Waals surface area contributed by atoms with Crippen LogP contribution in [-0.2, 0) is 4.79 Å². The van der Waals surface area contributed by atoms with E-state index in [9.17, 15) is 9.18 Å². The van der Waals surface area contributed by atoms with Crippen LogP contribution in [0.15, 0.2) is 42.2 Å². The van der Waals surface area contributed by atoms with Crippen LogP contribution >= 0.6 is 0 Å². The summed E-state index contributed by atoms with van der Waals surface area (Å²) in [5.74, 6) is -0.103. The quantitative estimate of drug-likeness (QED) is 0.607. The molecule has 0 bridgehead atoms. The first-order valence-corrected chi connectivity index (χ1v) is 9.81. The molecule has 0 fully saturated rings. The summed E-state index contributed by atoms with van der Waals surface area (Å²) in [4.78, 5) is 17.0. The number of carbonyl (C=O) groups is 1. The third-order valence-corrected chi connectivity index (χ3v) is 5.29. The van der Waals surface area contributed by atoms with Crippen molar-refractivity contribution in [2.24, 2.45) is 0 Å². The zero-order valence-corrected chi connectivity index (χ0v) is 17.6. The molecule has 1 amide bonds. The van der Waals surface area contributed by atoms with E-state index >= 15 is 0 Å². The smallest absolute Gasteiger partial charge is 0.258 e. The lowest BCUT2D eigenvalue weighted by Crippen LogP contribution is -2.10. The number of nitrogens with zero attached hydrogens (tertiary/aromatic N) is 4. The molecule has 0 unspecified atom stereocenters. The fourth-order valence-electron chi connectivity index (χ4n) is 3.78. The molecule has 1 aliphatic heterocycles. The van der Waals surface area contributed by atoms with Crippen molar-refractivity contribution in [1.29, 1.82) is 5.26 Å². The number of amides is 1. The van der Waals surface area contributed by atoms with E-state index in [-0.39, 0.29) is 11.7 Å². The molecule has 8 heteroatoms. The van der Waals surface area contributed by atoms with Crippen LogP contribution in [0.4, 0.5) is 15.9 Å². The summed E-state index contributed by atoms with van der Waals surface area (Å²) in [6.07, 6.45) is 1.54. The standard InChI is InChI=1S/C23H21FN6O/c1-12-6-5-7-17(24)21(12)18-9-16-19(11-26-18)28-23(31)22(16)15(4)27-20-8-13(2)30(29-20)14(3)10-25/h5-9,11,14H,1-4H3,(H,27,29)(H,28,31)/b22-15-/t14-/m1/s1. The summed E-state index contributed by atoms with van der Waals surface area (Å²) in [7, 11) is 0. The predicted molar refractivity (Wildman–Crippen MR) is 117 cm³/mol. The number of fused-ring (bicyclic) bond motifs is 1. The van der Waals surface area contributed by atoms with Gasteiger partial charge in [0.2, 0.25) is 0 Å². The lowest BCUT2D eigenvalue weighted by atomic mass is 10.00. The Morgan fingerprint density at radius 1 is 1.32 bits per heavy atom. The number of hydrogen-bond acceptors (Lipinski definition) is 5. The van der Waals surface area contributed by atoms with Gasteiger partial charge < -0.3 is 10.6 Å². The Hall–Kier alpha value is -3.99. The number of nitriles is 1. The Morgan fingerprint density at radius 2 is 2.10 bits per heavy atom. The van der Waals surface area contributed by atoms with Crippen LogP contribution in [0.1, 0.15) is 36.7 Å². The van der Waals surface area contributed by atoms with Gasteiger partial charge >= 0.3 is 0 Å². The number of anilines is 2. The fraction of sp³-hybridized carbons (Fsp3) is 0.217. The van der Waals surface area contributed by atoms with Gasteiger partial charge in [-0.3, -0.25) is 14.5 Å². The molecule has 0 spiro atoms. The molecule has 0 aliphatic carbocycles. The first kappa shape index (κ1) is 20.3. The van der Waals surface area contributed by atoms with Gasteiger partial charge in [0, 0.05) is 28.6 Å². The number of aryl methyl sites for hydroxylation is 2. The molecule has 156 valence electrons. The van der Waals surface area contributed by atoms with Crippen LogP contribution < -0.4 is 10.6 Å².